The molecular weight excluding hydrogens is 260 g/mol. The van der Waals surface area contributed by atoms with Gasteiger partial charge >= 0.3 is 0 Å². The van der Waals surface area contributed by atoms with E-state index in [0.29, 0.717) is 6.42 Å². The summed E-state index contributed by atoms with van der Waals surface area (Å²) in [6.45, 7) is 2.13. The highest BCUT2D eigenvalue weighted by molar-refractivity contribution is 7.99. The number of aryl methyl sites for hydroxylation is 1. The summed E-state index contributed by atoms with van der Waals surface area (Å²) in [5.74, 6) is 1.29. The van der Waals surface area contributed by atoms with Gasteiger partial charge in [0.05, 0.1) is 0 Å². The predicted octanol–water partition coefficient (Wildman–Crippen LogP) is 4.68. The molecule has 2 aromatic rings. The second-order valence-corrected chi connectivity index (χ2v) is 6.33. The molecule has 0 spiro atoms. The Morgan fingerprint density at radius 2 is 2.00 bits per heavy atom. The number of rotatable bonds is 6. The molecule has 0 radical (unpaired) electrons. The minimum absolute atomic E-state index is 0.233. The Labute approximate surface area is 116 Å². The molecule has 1 heterocycles. The van der Waals surface area contributed by atoms with Gasteiger partial charge in [-0.2, -0.15) is 0 Å². The number of hydrogen-bond donors (Lipinski definition) is 0. The van der Waals surface area contributed by atoms with Crippen LogP contribution in [0.15, 0.2) is 46.7 Å². The van der Waals surface area contributed by atoms with E-state index >= 15 is 0 Å². The van der Waals surface area contributed by atoms with Gasteiger partial charge in [-0.05, 0) is 35.8 Å². The number of ketones is 1. The first-order valence-corrected chi connectivity index (χ1v) is 7.94. The van der Waals surface area contributed by atoms with Crippen LogP contribution >= 0.6 is 23.1 Å². The molecule has 0 aliphatic carbocycles. The van der Waals surface area contributed by atoms with Gasteiger partial charge in [-0.1, -0.05) is 25.1 Å². The maximum Gasteiger partial charge on any atom is 0.163 e. The molecule has 1 aromatic carbocycles. The molecule has 0 saturated heterocycles. The standard InChI is InChI=1S/C15H16OS2/c1-2-17-14-7-5-12(6-8-14)15(16)10-9-13-4-3-11-18-13/h3-8,11H,2,9-10H2,1H3. The van der Waals surface area contributed by atoms with Crippen LogP contribution in [0.25, 0.3) is 0 Å². The van der Waals surface area contributed by atoms with E-state index in [1.807, 2.05) is 30.3 Å². The summed E-state index contributed by atoms with van der Waals surface area (Å²) in [5, 5.41) is 2.05. The molecule has 2 rings (SSSR count). The lowest BCUT2D eigenvalue weighted by Gasteiger charge is -2.02. The zero-order valence-corrected chi connectivity index (χ0v) is 12.0. The van der Waals surface area contributed by atoms with Crippen LogP contribution in [0.3, 0.4) is 0 Å². The highest BCUT2D eigenvalue weighted by atomic mass is 32.2. The maximum absolute atomic E-state index is 12.0. The van der Waals surface area contributed by atoms with Crippen molar-refractivity contribution < 1.29 is 4.79 Å². The van der Waals surface area contributed by atoms with Crippen molar-refractivity contribution in [1.29, 1.82) is 0 Å². The third-order valence-electron chi connectivity index (χ3n) is 2.67. The summed E-state index contributed by atoms with van der Waals surface area (Å²) in [6, 6.07) is 12.1. The first-order chi connectivity index (χ1) is 8.79. The van der Waals surface area contributed by atoms with Gasteiger partial charge in [0.1, 0.15) is 0 Å². The van der Waals surface area contributed by atoms with Crippen LogP contribution < -0.4 is 0 Å². The quantitative estimate of drug-likeness (QED) is 0.563. The second-order valence-electron chi connectivity index (χ2n) is 3.96. The van der Waals surface area contributed by atoms with Gasteiger partial charge in [0.25, 0.3) is 0 Å². The molecule has 0 aliphatic heterocycles. The fourth-order valence-electron chi connectivity index (χ4n) is 1.74. The SMILES string of the molecule is CCSc1ccc(C(=O)CCc2cccs2)cc1. The summed E-state index contributed by atoms with van der Waals surface area (Å²) in [6.07, 6.45) is 1.45. The molecule has 3 heteroatoms. The fraction of sp³-hybridized carbons (Fsp3) is 0.267. The monoisotopic (exact) mass is 276 g/mol. The van der Waals surface area contributed by atoms with E-state index in [-0.39, 0.29) is 5.78 Å². The van der Waals surface area contributed by atoms with Crippen molar-refractivity contribution in [2.24, 2.45) is 0 Å². The van der Waals surface area contributed by atoms with Crippen LogP contribution in [-0.4, -0.2) is 11.5 Å². The molecular formula is C15H16OS2. The number of carbonyl (C=O) groups excluding carboxylic acids is 1. The summed E-state index contributed by atoms with van der Waals surface area (Å²) in [7, 11) is 0. The number of carbonyl (C=O) groups is 1. The molecule has 0 N–H and O–H groups in total. The largest absolute Gasteiger partial charge is 0.294 e. The molecule has 1 aromatic heterocycles. The van der Waals surface area contributed by atoms with Crippen LogP contribution in [0.1, 0.15) is 28.6 Å². The number of hydrogen-bond acceptors (Lipinski definition) is 3. The normalized spacial score (nSPS) is 10.5. The molecule has 0 fully saturated rings. The molecule has 0 aliphatic rings. The third-order valence-corrected chi connectivity index (χ3v) is 4.50. The minimum Gasteiger partial charge on any atom is -0.294 e. The van der Waals surface area contributed by atoms with Gasteiger partial charge in [-0.3, -0.25) is 4.79 Å². The Morgan fingerprint density at radius 3 is 2.61 bits per heavy atom. The van der Waals surface area contributed by atoms with E-state index in [1.165, 1.54) is 9.77 Å². The van der Waals surface area contributed by atoms with Gasteiger partial charge in [-0.15, -0.1) is 23.1 Å². The molecule has 0 atom stereocenters. The highest BCUT2D eigenvalue weighted by Gasteiger charge is 2.06. The molecule has 94 valence electrons. The number of thiophene rings is 1. The Morgan fingerprint density at radius 1 is 1.22 bits per heavy atom. The molecule has 18 heavy (non-hydrogen) atoms. The Kier molecular flexibility index (Phi) is 5.02. The van der Waals surface area contributed by atoms with E-state index in [0.717, 1.165) is 17.7 Å². The summed E-state index contributed by atoms with van der Waals surface area (Å²) in [4.78, 5) is 14.5. The molecule has 0 amide bonds. The molecule has 0 saturated carbocycles. The number of thioether (sulfide) groups is 1. The lowest BCUT2D eigenvalue weighted by Crippen LogP contribution is -2.00. The summed E-state index contributed by atoms with van der Waals surface area (Å²) >= 11 is 3.51. The van der Waals surface area contributed by atoms with Crippen molar-refractivity contribution in [3.05, 3.63) is 52.2 Å². The van der Waals surface area contributed by atoms with Crippen molar-refractivity contribution in [1.82, 2.24) is 0 Å². The number of benzene rings is 1. The highest BCUT2D eigenvalue weighted by Crippen LogP contribution is 2.19. The van der Waals surface area contributed by atoms with E-state index < -0.39 is 0 Å². The van der Waals surface area contributed by atoms with Gasteiger partial charge in [0, 0.05) is 21.8 Å². The van der Waals surface area contributed by atoms with Crippen molar-refractivity contribution in [3.8, 4) is 0 Å². The number of Topliss-reactive ketones (excluding diaryl/α,β-unsaturated/α-hetero) is 1. The van der Waals surface area contributed by atoms with Crippen molar-refractivity contribution in [3.63, 3.8) is 0 Å². The molecule has 1 nitrogen and oxygen atoms in total. The van der Waals surface area contributed by atoms with Crippen molar-refractivity contribution in [2.45, 2.75) is 24.7 Å². The Balaban J connectivity index is 1.92. The van der Waals surface area contributed by atoms with E-state index in [1.54, 1.807) is 23.1 Å². The summed E-state index contributed by atoms with van der Waals surface area (Å²) in [5.41, 5.74) is 0.826. The lowest BCUT2D eigenvalue weighted by molar-refractivity contribution is 0.0983. The third kappa shape index (κ3) is 3.72. The first kappa shape index (κ1) is 13.4. The maximum atomic E-state index is 12.0. The topological polar surface area (TPSA) is 17.1 Å². The predicted molar refractivity (Wildman–Crippen MR) is 79.8 cm³/mol. The van der Waals surface area contributed by atoms with Crippen molar-refractivity contribution >= 4 is 28.9 Å². The van der Waals surface area contributed by atoms with E-state index in [2.05, 4.69) is 18.4 Å². The lowest BCUT2D eigenvalue weighted by atomic mass is 10.1. The zero-order chi connectivity index (χ0) is 12.8. The van der Waals surface area contributed by atoms with Crippen molar-refractivity contribution in [2.75, 3.05) is 5.75 Å². The minimum atomic E-state index is 0.233. The fourth-order valence-corrected chi connectivity index (χ4v) is 3.11. The Hall–Kier alpha value is -1.06. The summed E-state index contributed by atoms with van der Waals surface area (Å²) < 4.78 is 0. The first-order valence-electron chi connectivity index (χ1n) is 6.08. The van der Waals surface area contributed by atoms with Gasteiger partial charge in [0.15, 0.2) is 5.78 Å². The van der Waals surface area contributed by atoms with Crippen LogP contribution in [0.4, 0.5) is 0 Å². The van der Waals surface area contributed by atoms with Crippen LogP contribution in [0.2, 0.25) is 0 Å². The Bertz CT molecular complexity index is 486. The van der Waals surface area contributed by atoms with Gasteiger partial charge in [-0.25, -0.2) is 0 Å². The zero-order valence-electron chi connectivity index (χ0n) is 10.4. The van der Waals surface area contributed by atoms with Crippen LogP contribution in [-0.2, 0) is 6.42 Å². The smallest absolute Gasteiger partial charge is 0.163 e. The average molecular weight is 276 g/mol. The van der Waals surface area contributed by atoms with E-state index in [4.69, 9.17) is 0 Å². The van der Waals surface area contributed by atoms with Gasteiger partial charge < -0.3 is 0 Å². The van der Waals surface area contributed by atoms with Crippen LogP contribution in [0, 0.1) is 0 Å². The van der Waals surface area contributed by atoms with E-state index in [9.17, 15) is 4.79 Å². The van der Waals surface area contributed by atoms with Crippen LogP contribution in [0.5, 0.6) is 0 Å². The second kappa shape index (κ2) is 6.76. The van der Waals surface area contributed by atoms with Gasteiger partial charge in [0.2, 0.25) is 0 Å². The molecule has 0 unspecified atom stereocenters. The average Bonchev–Trinajstić information content (AvgIpc) is 2.90. The molecule has 0 bridgehead atoms.